The van der Waals surface area contributed by atoms with Crippen molar-refractivity contribution in [3.05, 3.63) is 11.8 Å². The van der Waals surface area contributed by atoms with Gasteiger partial charge in [0.15, 0.2) is 0 Å². The molecule has 70 valence electrons. The van der Waals surface area contributed by atoms with Crippen molar-refractivity contribution in [3.8, 4) is 0 Å². The topological polar surface area (TPSA) is 35.9 Å². The smallest absolute Gasteiger partial charge is 0.394 e. The van der Waals surface area contributed by atoms with Crippen LogP contribution in [0.2, 0.25) is 0 Å². The second kappa shape index (κ2) is 4.13. The normalized spacial score (nSPS) is 12.9. The van der Waals surface area contributed by atoms with E-state index in [4.69, 9.17) is 5.41 Å². The molecule has 0 saturated carbocycles. The Hall–Kier alpha value is -1.00. The van der Waals surface area contributed by atoms with Gasteiger partial charge in [-0.1, -0.05) is 6.92 Å². The number of hydrogen-bond acceptors (Lipinski definition) is 2. The van der Waals surface area contributed by atoms with Gasteiger partial charge in [0.2, 0.25) is 0 Å². The molecule has 0 unspecified atom stereocenters. The van der Waals surface area contributed by atoms with Gasteiger partial charge in [0.1, 0.15) is 5.71 Å². The summed E-state index contributed by atoms with van der Waals surface area (Å²) >= 11 is 0. The lowest BCUT2D eigenvalue weighted by molar-refractivity contribution is -0.0591. The maximum atomic E-state index is 11.9. The van der Waals surface area contributed by atoms with Crippen LogP contribution in [0.25, 0.3) is 0 Å². The van der Waals surface area contributed by atoms with E-state index < -0.39 is 11.9 Å². The minimum Gasteiger partial charge on any atom is -0.394 e. The van der Waals surface area contributed by atoms with E-state index in [9.17, 15) is 13.2 Å². The lowest BCUT2D eigenvalue weighted by atomic mass is 10.1. The zero-order chi connectivity index (χ0) is 9.78. The van der Waals surface area contributed by atoms with Gasteiger partial charge in [-0.3, -0.25) is 5.41 Å². The fraction of sp³-hybridized carbons (Fsp3) is 0.571. The summed E-state index contributed by atoms with van der Waals surface area (Å²) in [6.07, 6.45) is -3.16. The van der Waals surface area contributed by atoms with Gasteiger partial charge in [-0.2, -0.15) is 13.2 Å². The van der Waals surface area contributed by atoms with Crippen LogP contribution in [-0.2, 0) is 0 Å². The summed E-state index contributed by atoms with van der Waals surface area (Å²) < 4.78 is 35.7. The summed E-state index contributed by atoms with van der Waals surface area (Å²) in [6, 6.07) is 0. The van der Waals surface area contributed by atoms with E-state index in [1.807, 2.05) is 0 Å². The molecule has 0 heterocycles. The highest BCUT2D eigenvalue weighted by molar-refractivity contribution is 6.01. The van der Waals surface area contributed by atoms with Crippen LogP contribution in [0.4, 0.5) is 13.2 Å². The molecule has 0 radical (unpaired) electrons. The van der Waals surface area contributed by atoms with E-state index in [0.29, 0.717) is 0 Å². The Labute approximate surface area is 69.0 Å². The third-order valence-electron chi connectivity index (χ3n) is 1.30. The minimum atomic E-state index is -4.54. The Kier molecular flexibility index (Phi) is 3.79. The molecule has 0 bridgehead atoms. The summed E-state index contributed by atoms with van der Waals surface area (Å²) in [5, 5.41) is 9.24. The van der Waals surface area contributed by atoms with E-state index in [0.717, 1.165) is 0 Å². The van der Waals surface area contributed by atoms with Crippen LogP contribution >= 0.6 is 0 Å². The molecule has 0 atom stereocenters. The number of nitrogens with one attached hydrogen (secondary N) is 2. The predicted molar refractivity (Wildman–Crippen MR) is 41.2 cm³/mol. The quantitative estimate of drug-likeness (QED) is 0.641. The molecule has 5 heteroatoms. The Balaban J connectivity index is 4.55. The van der Waals surface area contributed by atoms with E-state index in [-0.39, 0.29) is 12.0 Å². The molecule has 2 nitrogen and oxygen atoms in total. The molecule has 2 N–H and O–H groups in total. The molecule has 12 heavy (non-hydrogen) atoms. The first-order valence-corrected chi connectivity index (χ1v) is 3.45. The molecule has 0 aromatic rings. The van der Waals surface area contributed by atoms with Crippen LogP contribution in [0.1, 0.15) is 13.3 Å². The molecule has 0 aromatic heterocycles. The van der Waals surface area contributed by atoms with Crippen molar-refractivity contribution < 1.29 is 13.2 Å². The standard InChI is InChI=1S/C7H11F3N2/c1-3-5(4-12-2)6(11)7(8,9)10/h4,11-12H,3H2,1-2H3/b5-4-,11-6?. The van der Waals surface area contributed by atoms with Crippen molar-refractivity contribution in [2.24, 2.45) is 0 Å². The van der Waals surface area contributed by atoms with Crippen LogP contribution in [-0.4, -0.2) is 18.9 Å². The van der Waals surface area contributed by atoms with Gasteiger partial charge in [0.05, 0.1) is 0 Å². The Morgan fingerprint density at radius 1 is 1.50 bits per heavy atom. The van der Waals surface area contributed by atoms with Crippen LogP contribution in [0.5, 0.6) is 0 Å². The molecule has 0 rings (SSSR count). The molecular formula is C7H11F3N2. The highest BCUT2D eigenvalue weighted by Gasteiger charge is 2.35. The van der Waals surface area contributed by atoms with Crippen LogP contribution in [0, 0.1) is 5.41 Å². The molecule has 0 spiro atoms. The minimum absolute atomic E-state index is 0.0370. The van der Waals surface area contributed by atoms with Gasteiger partial charge in [0, 0.05) is 13.2 Å². The van der Waals surface area contributed by atoms with Gasteiger partial charge in [-0.25, -0.2) is 0 Å². The van der Waals surface area contributed by atoms with Crippen molar-refractivity contribution in [3.63, 3.8) is 0 Å². The monoisotopic (exact) mass is 180 g/mol. The third kappa shape index (κ3) is 2.94. The summed E-state index contributed by atoms with van der Waals surface area (Å²) in [5.41, 5.74) is -1.32. The molecular weight excluding hydrogens is 169 g/mol. The molecule has 0 aliphatic heterocycles. The Bertz CT molecular complexity index is 193. The molecule has 0 amide bonds. The Morgan fingerprint density at radius 2 is 2.00 bits per heavy atom. The molecule has 0 saturated heterocycles. The second-order valence-corrected chi connectivity index (χ2v) is 2.18. The average molecular weight is 180 g/mol. The summed E-state index contributed by atoms with van der Waals surface area (Å²) in [7, 11) is 1.50. The van der Waals surface area contributed by atoms with Crippen molar-refractivity contribution >= 4 is 5.71 Å². The summed E-state index contributed by atoms with van der Waals surface area (Å²) in [4.78, 5) is 0. The van der Waals surface area contributed by atoms with Crippen molar-refractivity contribution in [2.75, 3.05) is 7.05 Å². The number of allylic oxidation sites excluding steroid dienone is 1. The SMILES string of the molecule is CC/C(=C/NC)C(=N)C(F)(F)F. The zero-order valence-electron chi connectivity index (χ0n) is 6.92. The summed E-state index contributed by atoms with van der Waals surface area (Å²) in [5.74, 6) is 0. The lowest BCUT2D eigenvalue weighted by Gasteiger charge is -2.09. The highest BCUT2D eigenvalue weighted by Crippen LogP contribution is 2.21. The van der Waals surface area contributed by atoms with Crippen molar-refractivity contribution in [1.82, 2.24) is 5.32 Å². The maximum Gasteiger partial charge on any atom is 0.432 e. The van der Waals surface area contributed by atoms with Crippen LogP contribution < -0.4 is 5.32 Å². The highest BCUT2D eigenvalue weighted by atomic mass is 19.4. The van der Waals surface area contributed by atoms with Gasteiger partial charge >= 0.3 is 6.18 Å². The van der Waals surface area contributed by atoms with Crippen LogP contribution in [0.3, 0.4) is 0 Å². The first-order chi connectivity index (χ1) is 5.43. The maximum absolute atomic E-state index is 11.9. The van der Waals surface area contributed by atoms with Crippen molar-refractivity contribution in [2.45, 2.75) is 19.5 Å². The largest absolute Gasteiger partial charge is 0.432 e. The first-order valence-electron chi connectivity index (χ1n) is 3.45. The van der Waals surface area contributed by atoms with Crippen LogP contribution in [0.15, 0.2) is 11.8 Å². The van der Waals surface area contributed by atoms with E-state index in [2.05, 4.69) is 5.32 Å². The van der Waals surface area contributed by atoms with E-state index >= 15 is 0 Å². The van der Waals surface area contributed by atoms with Gasteiger partial charge in [-0.15, -0.1) is 0 Å². The third-order valence-corrected chi connectivity index (χ3v) is 1.30. The fourth-order valence-electron chi connectivity index (χ4n) is 0.707. The number of hydrogen-bond donors (Lipinski definition) is 2. The second-order valence-electron chi connectivity index (χ2n) is 2.18. The van der Waals surface area contributed by atoms with Gasteiger partial charge in [0.25, 0.3) is 0 Å². The average Bonchev–Trinajstić information content (AvgIpc) is 1.97. The first kappa shape index (κ1) is 11.0. The van der Waals surface area contributed by atoms with Gasteiger partial charge < -0.3 is 5.32 Å². The summed E-state index contributed by atoms with van der Waals surface area (Å²) in [6.45, 7) is 1.57. The zero-order valence-corrected chi connectivity index (χ0v) is 6.92. The number of alkyl halides is 3. The number of halogens is 3. The molecule has 0 aliphatic carbocycles. The predicted octanol–water partition coefficient (Wildman–Crippen LogP) is 2.08. The molecule has 0 aromatic carbocycles. The number of rotatable bonds is 3. The fourth-order valence-corrected chi connectivity index (χ4v) is 0.707. The molecule has 0 aliphatic rings. The van der Waals surface area contributed by atoms with Crippen molar-refractivity contribution in [1.29, 1.82) is 5.41 Å². The van der Waals surface area contributed by atoms with E-state index in [1.165, 1.54) is 13.2 Å². The lowest BCUT2D eigenvalue weighted by Crippen LogP contribution is -2.24. The van der Waals surface area contributed by atoms with Gasteiger partial charge in [-0.05, 0) is 12.0 Å². The molecule has 0 fully saturated rings. The van der Waals surface area contributed by atoms with E-state index in [1.54, 1.807) is 6.92 Å². The Morgan fingerprint density at radius 3 is 2.25 bits per heavy atom.